The highest BCUT2D eigenvalue weighted by Gasteiger charge is 2.42. The van der Waals surface area contributed by atoms with Gasteiger partial charge in [0.1, 0.15) is 5.82 Å². The number of methoxy groups -OCH3 is 1. The number of imidazole rings is 1. The van der Waals surface area contributed by atoms with Crippen LogP contribution in [0.5, 0.6) is 0 Å². The molecule has 2 fully saturated rings. The first-order valence-electron chi connectivity index (χ1n) is 8.65. The lowest BCUT2D eigenvalue weighted by atomic mass is 9.87. The van der Waals surface area contributed by atoms with Crippen molar-refractivity contribution in [2.45, 2.75) is 19.4 Å². The number of hydrogen-bond donors (Lipinski definition) is 0. The second kappa shape index (κ2) is 7.63. The first-order chi connectivity index (χ1) is 11.6. The zero-order valence-corrected chi connectivity index (χ0v) is 14.7. The van der Waals surface area contributed by atoms with Gasteiger partial charge in [0.05, 0.1) is 32.8 Å². The van der Waals surface area contributed by atoms with Crippen LogP contribution in [0.25, 0.3) is 0 Å². The van der Waals surface area contributed by atoms with E-state index in [4.69, 9.17) is 9.47 Å². The van der Waals surface area contributed by atoms with Crippen LogP contribution in [-0.2, 0) is 27.9 Å². The van der Waals surface area contributed by atoms with Gasteiger partial charge in [-0.1, -0.05) is 0 Å². The van der Waals surface area contributed by atoms with Gasteiger partial charge in [0, 0.05) is 51.6 Å². The van der Waals surface area contributed by atoms with E-state index in [0.29, 0.717) is 26.2 Å². The van der Waals surface area contributed by atoms with Crippen molar-refractivity contribution in [1.29, 1.82) is 0 Å². The SMILES string of the molecule is COCCC(=O)N1CCOC[C@@]2(CCN(Cc3nccn3C)C2)C1. The summed E-state index contributed by atoms with van der Waals surface area (Å²) in [4.78, 5) is 21.2. The van der Waals surface area contributed by atoms with E-state index < -0.39 is 0 Å². The normalized spacial score (nSPS) is 25.3. The molecule has 1 atom stereocenters. The molecule has 3 heterocycles. The minimum Gasteiger partial charge on any atom is -0.384 e. The number of likely N-dealkylation sites (tertiary alicyclic amines) is 1. The Morgan fingerprint density at radius 2 is 2.29 bits per heavy atom. The molecular weight excluding hydrogens is 308 g/mol. The van der Waals surface area contributed by atoms with Crippen molar-refractivity contribution in [3.05, 3.63) is 18.2 Å². The summed E-state index contributed by atoms with van der Waals surface area (Å²) >= 11 is 0. The monoisotopic (exact) mass is 336 g/mol. The molecule has 1 aromatic rings. The van der Waals surface area contributed by atoms with Crippen LogP contribution in [-0.4, -0.2) is 78.4 Å². The molecule has 7 nitrogen and oxygen atoms in total. The quantitative estimate of drug-likeness (QED) is 0.784. The smallest absolute Gasteiger partial charge is 0.224 e. The number of aryl methyl sites for hydroxylation is 1. The van der Waals surface area contributed by atoms with Gasteiger partial charge in [0.25, 0.3) is 0 Å². The summed E-state index contributed by atoms with van der Waals surface area (Å²) in [5, 5.41) is 0. The third kappa shape index (κ3) is 3.96. The van der Waals surface area contributed by atoms with Crippen molar-refractivity contribution in [3.8, 4) is 0 Å². The van der Waals surface area contributed by atoms with Gasteiger partial charge in [0.15, 0.2) is 0 Å². The number of amides is 1. The van der Waals surface area contributed by atoms with Crippen molar-refractivity contribution >= 4 is 5.91 Å². The predicted molar refractivity (Wildman–Crippen MR) is 89.4 cm³/mol. The molecule has 2 aliphatic heterocycles. The fourth-order valence-electron chi connectivity index (χ4n) is 3.71. The lowest BCUT2D eigenvalue weighted by molar-refractivity contribution is -0.133. The number of carbonyl (C=O) groups is 1. The summed E-state index contributed by atoms with van der Waals surface area (Å²) in [7, 11) is 3.66. The molecule has 0 unspecified atom stereocenters. The summed E-state index contributed by atoms with van der Waals surface area (Å²) in [6.07, 6.45) is 5.33. The Kier molecular flexibility index (Phi) is 5.53. The van der Waals surface area contributed by atoms with E-state index in [1.807, 2.05) is 24.3 Å². The Hall–Kier alpha value is -1.44. The van der Waals surface area contributed by atoms with Gasteiger partial charge >= 0.3 is 0 Å². The second-order valence-corrected chi connectivity index (χ2v) is 7.03. The van der Waals surface area contributed by atoms with Crippen LogP contribution in [0, 0.1) is 5.41 Å². The number of nitrogens with zero attached hydrogens (tertiary/aromatic N) is 4. The molecule has 7 heteroatoms. The van der Waals surface area contributed by atoms with Crippen molar-refractivity contribution in [2.75, 3.05) is 53.1 Å². The average molecular weight is 336 g/mol. The van der Waals surface area contributed by atoms with Crippen LogP contribution in [0.15, 0.2) is 12.4 Å². The molecule has 0 bridgehead atoms. The Bertz CT molecular complexity index is 562. The Balaban J connectivity index is 1.61. The highest BCUT2D eigenvalue weighted by Crippen LogP contribution is 2.34. The molecule has 3 rings (SSSR count). The Morgan fingerprint density at radius 3 is 3.04 bits per heavy atom. The van der Waals surface area contributed by atoms with Crippen molar-refractivity contribution in [3.63, 3.8) is 0 Å². The summed E-state index contributed by atoms with van der Waals surface area (Å²) in [6.45, 7) is 6.13. The molecule has 0 radical (unpaired) electrons. The average Bonchev–Trinajstić information content (AvgIpc) is 3.08. The van der Waals surface area contributed by atoms with Crippen LogP contribution in [0.1, 0.15) is 18.7 Å². The predicted octanol–water partition coefficient (Wildman–Crippen LogP) is 0.508. The van der Waals surface area contributed by atoms with E-state index in [-0.39, 0.29) is 11.3 Å². The third-order valence-corrected chi connectivity index (χ3v) is 5.12. The van der Waals surface area contributed by atoms with Crippen molar-refractivity contribution in [1.82, 2.24) is 19.4 Å². The molecule has 1 aromatic heterocycles. The van der Waals surface area contributed by atoms with E-state index in [0.717, 1.165) is 45.0 Å². The van der Waals surface area contributed by atoms with Crippen LogP contribution in [0.4, 0.5) is 0 Å². The fraction of sp³-hybridized carbons (Fsp3) is 0.765. The molecule has 0 aliphatic carbocycles. The largest absolute Gasteiger partial charge is 0.384 e. The van der Waals surface area contributed by atoms with Crippen LogP contribution in [0.2, 0.25) is 0 Å². The standard InChI is InChI=1S/C17H28N4O3/c1-19-7-5-18-15(19)11-20-6-4-17(12-20)13-21(8-10-24-14-17)16(22)3-9-23-2/h5,7H,3-4,6,8-14H2,1-2H3/t17-/m1/s1. The Labute approximate surface area is 143 Å². The molecule has 0 N–H and O–H groups in total. The van der Waals surface area contributed by atoms with Gasteiger partial charge in [-0.3, -0.25) is 9.69 Å². The zero-order valence-electron chi connectivity index (χ0n) is 14.7. The van der Waals surface area contributed by atoms with E-state index in [2.05, 4.69) is 14.5 Å². The second-order valence-electron chi connectivity index (χ2n) is 7.03. The number of carbonyl (C=O) groups excluding carboxylic acids is 1. The van der Waals surface area contributed by atoms with Gasteiger partial charge in [-0.15, -0.1) is 0 Å². The van der Waals surface area contributed by atoms with Gasteiger partial charge in [-0.25, -0.2) is 4.98 Å². The van der Waals surface area contributed by atoms with Gasteiger partial charge < -0.3 is 18.9 Å². The van der Waals surface area contributed by atoms with Gasteiger partial charge in [0.2, 0.25) is 5.91 Å². The lowest BCUT2D eigenvalue weighted by Crippen LogP contribution is -2.43. The third-order valence-electron chi connectivity index (χ3n) is 5.12. The summed E-state index contributed by atoms with van der Waals surface area (Å²) in [5.41, 5.74) is 0.0460. The highest BCUT2D eigenvalue weighted by molar-refractivity contribution is 5.76. The van der Waals surface area contributed by atoms with Gasteiger partial charge in [-0.05, 0) is 13.0 Å². The minimum atomic E-state index is 0.0460. The zero-order chi connectivity index (χ0) is 17.0. The molecule has 24 heavy (non-hydrogen) atoms. The molecule has 1 amide bonds. The first-order valence-corrected chi connectivity index (χ1v) is 8.65. The number of hydrogen-bond acceptors (Lipinski definition) is 5. The molecule has 2 aliphatic rings. The minimum absolute atomic E-state index is 0.0460. The fourth-order valence-corrected chi connectivity index (χ4v) is 3.71. The lowest BCUT2D eigenvalue weighted by Gasteiger charge is -2.32. The number of ether oxygens (including phenoxy) is 2. The Morgan fingerprint density at radius 1 is 1.42 bits per heavy atom. The van der Waals surface area contributed by atoms with E-state index in [1.165, 1.54) is 0 Å². The number of aromatic nitrogens is 2. The molecule has 1 spiro atoms. The van der Waals surface area contributed by atoms with Crippen LogP contribution < -0.4 is 0 Å². The molecule has 0 saturated carbocycles. The van der Waals surface area contributed by atoms with Crippen LogP contribution >= 0.6 is 0 Å². The maximum absolute atomic E-state index is 12.4. The summed E-state index contributed by atoms with van der Waals surface area (Å²) in [5.74, 6) is 1.25. The van der Waals surface area contributed by atoms with Crippen LogP contribution in [0.3, 0.4) is 0 Å². The number of rotatable bonds is 5. The maximum Gasteiger partial charge on any atom is 0.224 e. The molecule has 2 saturated heterocycles. The topological polar surface area (TPSA) is 59.8 Å². The maximum atomic E-state index is 12.4. The molecule has 134 valence electrons. The molecular formula is C17H28N4O3. The summed E-state index contributed by atoms with van der Waals surface area (Å²) in [6, 6.07) is 0. The van der Waals surface area contributed by atoms with E-state index >= 15 is 0 Å². The first kappa shape index (κ1) is 17.4. The van der Waals surface area contributed by atoms with Crippen molar-refractivity contribution in [2.24, 2.45) is 12.5 Å². The summed E-state index contributed by atoms with van der Waals surface area (Å²) < 4.78 is 13.0. The van der Waals surface area contributed by atoms with Gasteiger partial charge in [-0.2, -0.15) is 0 Å². The highest BCUT2D eigenvalue weighted by atomic mass is 16.5. The van der Waals surface area contributed by atoms with Crippen molar-refractivity contribution < 1.29 is 14.3 Å². The molecule has 0 aromatic carbocycles. The van der Waals surface area contributed by atoms with E-state index in [9.17, 15) is 4.79 Å². The van der Waals surface area contributed by atoms with E-state index in [1.54, 1.807) is 7.11 Å².